The lowest BCUT2D eigenvalue weighted by Crippen LogP contribution is -2.40. The van der Waals surface area contributed by atoms with E-state index in [9.17, 15) is 14.7 Å². The molecule has 1 fully saturated rings. The van der Waals surface area contributed by atoms with Crippen LogP contribution in [0.2, 0.25) is 0 Å². The van der Waals surface area contributed by atoms with E-state index in [0.29, 0.717) is 36.0 Å². The Balaban J connectivity index is 1.67. The Morgan fingerprint density at radius 1 is 1.10 bits per heavy atom. The third-order valence-corrected chi connectivity index (χ3v) is 6.27. The van der Waals surface area contributed by atoms with Gasteiger partial charge >= 0.3 is 5.69 Å². The van der Waals surface area contributed by atoms with E-state index in [1.165, 1.54) is 30.9 Å². The van der Waals surface area contributed by atoms with Gasteiger partial charge in [-0.25, -0.2) is 9.78 Å². The topological polar surface area (TPSA) is 94.1 Å². The van der Waals surface area contributed by atoms with Crippen molar-refractivity contribution in [3.63, 3.8) is 0 Å². The fraction of sp³-hybridized carbons (Fsp3) is 0.522. The van der Waals surface area contributed by atoms with Gasteiger partial charge < -0.3 is 15.0 Å². The maximum atomic E-state index is 13.0. The zero-order valence-corrected chi connectivity index (χ0v) is 18.3. The van der Waals surface area contributed by atoms with Crippen molar-refractivity contribution < 1.29 is 5.11 Å². The summed E-state index contributed by atoms with van der Waals surface area (Å²) in [6.45, 7) is 0.701. The average Bonchev–Trinajstić information content (AvgIpc) is 3.14. The fourth-order valence-electron chi connectivity index (χ4n) is 4.49. The van der Waals surface area contributed by atoms with Crippen LogP contribution in [-0.4, -0.2) is 42.5 Å². The lowest BCUT2D eigenvalue weighted by Gasteiger charge is -2.24. The van der Waals surface area contributed by atoms with E-state index in [4.69, 9.17) is 0 Å². The van der Waals surface area contributed by atoms with Crippen molar-refractivity contribution in [3.05, 3.63) is 62.6 Å². The maximum Gasteiger partial charge on any atom is 0.332 e. The molecule has 8 heteroatoms. The molecular formula is C23H31N5O3. The Labute approximate surface area is 181 Å². The van der Waals surface area contributed by atoms with Crippen molar-refractivity contribution in [3.8, 4) is 0 Å². The largest absolute Gasteiger partial charge is 0.390 e. The first kappa shape index (κ1) is 21.5. The van der Waals surface area contributed by atoms with Gasteiger partial charge in [0.05, 0.1) is 12.6 Å². The minimum Gasteiger partial charge on any atom is -0.390 e. The van der Waals surface area contributed by atoms with E-state index in [-0.39, 0.29) is 6.54 Å². The lowest BCUT2D eigenvalue weighted by molar-refractivity contribution is 0.144. The Morgan fingerprint density at radius 2 is 1.81 bits per heavy atom. The number of nitrogens with zero attached hydrogens (tertiary/aromatic N) is 4. The Kier molecular flexibility index (Phi) is 6.38. The molecule has 0 radical (unpaired) electrons. The monoisotopic (exact) mass is 425 g/mol. The number of fused-ring (bicyclic) bond motifs is 1. The molecule has 0 saturated heterocycles. The smallest absolute Gasteiger partial charge is 0.332 e. The molecule has 0 unspecified atom stereocenters. The molecule has 1 saturated carbocycles. The van der Waals surface area contributed by atoms with Crippen molar-refractivity contribution >= 4 is 11.2 Å². The summed E-state index contributed by atoms with van der Waals surface area (Å²) in [7, 11) is 3.09. The molecule has 1 aliphatic rings. The molecule has 0 spiro atoms. The first-order valence-corrected chi connectivity index (χ1v) is 11.1. The minimum absolute atomic E-state index is 0.242. The number of rotatable bonds is 7. The highest BCUT2D eigenvalue weighted by Crippen LogP contribution is 2.18. The van der Waals surface area contributed by atoms with Crippen LogP contribution in [0.25, 0.3) is 11.2 Å². The number of aliphatic hydroxyl groups is 1. The SMILES string of the molecule is Cn1c(=O)c2c(nc(Cc3ccccc3)n2C[C@@H](O)CNC2CCCCC2)n(C)c1=O. The second-order valence-electron chi connectivity index (χ2n) is 8.58. The highest BCUT2D eigenvalue weighted by atomic mass is 16.3. The van der Waals surface area contributed by atoms with Gasteiger partial charge in [0.1, 0.15) is 5.82 Å². The van der Waals surface area contributed by atoms with E-state index in [1.54, 1.807) is 11.6 Å². The lowest BCUT2D eigenvalue weighted by atomic mass is 9.95. The average molecular weight is 426 g/mol. The summed E-state index contributed by atoms with van der Waals surface area (Å²) in [4.78, 5) is 30.0. The maximum absolute atomic E-state index is 13.0. The van der Waals surface area contributed by atoms with E-state index in [2.05, 4.69) is 10.3 Å². The molecule has 2 aromatic heterocycles. The van der Waals surface area contributed by atoms with Crippen LogP contribution in [0.5, 0.6) is 0 Å². The summed E-state index contributed by atoms with van der Waals surface area (Å²) >= 11 is 0. The fourth-order valence-corrected chi connectivity index (χ4v) is 4.49. The molecule has 8 nitrogen and oxygen atoms in total. The quantitative estimate of drug-likeness (QED) is 0.595. The number of imidazole rings is 1. The van der Waals surface area contributed by atoms with Crippen LogP contribution >= 0.6 is 0 Å². The summed E-state index contributed by atoms with van der Waals surface area (Å²) in [5, 5.41) is 14.3. The van der Waals surface area contributed by atoms with Gasteiger partial charge in [0.25, 0.3) is 5.56 Å². The number of aryl methyl sites for hydroxylation is 1. The van der Waals surface area contributed by atoms with Crippen molar-refractivity contribution in [2.24, 2.45) is 14.1 Å². The number of aliphatic hydroxyl groups excluding tert-OH is 1. The summed E-state index contributed by atoms with van der Waals surface area (Å²) in [6.07, 6.45) is 5.86. The van der Waals surface area contributed by atoms with Crippen LogP contribution < -0.4 is 16.6 Å². The molecule has 4 rings (SSSR count). The van der Waals surface area contributed by atoms with Crippen LogP contribution in [0.4, 0.5) is 0 Å². The normalized spacial score (nSPS) is 16.1. The van der Waals surface area contributed by atoms with Gasteiger partial charge in [0.2, 0.25) is 0 Å². The van der Waals surface area contributed by atoms with Crippen molar-refractivity contribution in [2.45, 2.75) is 57.2 Å². The second kappa shape index (κ2) is 9.20. The third-order valence-electron chi connectivity index (χ3n) is 6.27. The van der Waals surface area contributed by atoms with E-state index < -0.39 is 17.4 Å². The first-order valence-electron chi connectivity index (χ1n) is 11.1. The number of benzene rings is 1. The Hall–Kier alpha value is -2.71. The molecule has 1 aromatic carbocycles. The van der Waals surface area contributed by atoms with Gasteiger partial charge in [-0.15, -0.1) is 0 Å². The third kappa shape index (κ3) is 4.50. The van der Waals surface area contributed by atoms with Gasteiger partial charge in [-0.3, -0.25) is 13.9 Å². The molecule has 3 aromatic rings. The van der Waals surface area contributed by atoms with Crippen molar-refractivity contribution in [2.75, 3.05) is 6.54 Å². The standard InChI is InChI=1S/C23H31N5O3/c1-26-21-20(22(30)27(2)23(26)31)28(19(25-21)13-16-9-5-3-6-10-16)15-18(29)14-24-17-11-7-4-8-12-17/h3,5-6,9-10,17-18,24,29H,4,7-8,11-15H2,1-2H3/t18-/m0/s1. The Bertz CT molecular complexity index is 1160. The van der Waals surface area contributed by atoms with Gasteiger partial charge in [0.15, 0.2) is 11.2 Å². The molecule has 2 N–H and O–H groups in total. The van der Waals surface area contributed by atoms with E-state index in [1.807, 2.05) is 30.3 Å². The second-order valence-corrected chi connectivity index (χ2v) is 8.58. The predicted octanol–water partition coefficient (Wildman–Crippen LogP) is 1.31. The number of hydrogen-bond acceptors (Lipinski definition) is 5. The number of hydrogen-bond donors (Lipinski definition) is 2. The van der Waals surface area contributed by atoms with Gasteiger partial charge in [-0.2, -0.15) is 0 Å². The highest BCUT2D eigenvalue weighted by Gasteiger charge is 2.22. The van der Waals surface area contributed by atoms with Crippen LogP contribution in [0, 0.1) is 0 Å². The first-order chi connectivity index (χ1) is 15.0. The highest BCUT2D eigenvalue weighted by molar-refractivity contribution is 5.71. The molecule has 0 amide bonds. The minimum atomic E-state index is -0.671. The summed E-state index contributed by atoms with van der Waals surface area (Å²) in [5.74, 6) is 0.663. The molecule has 1 aliphatic carbocycles. The molecule has 2 heterocycles. The van der Waals surface area contributed by atoms with Gasteiger partial charge in [0, 0.05) is 33.1 Å². The molecule has 31 heavy (non-hydrogen) atoms. The molecular weight excluding hydrogens is 394 g/mol. The van der Waals surface area contributed by atoms with Crippen molar-refractivity contribution in [1.82, 2.24) is 24.0 Å². The van der Waals surface area contributed by atoms with E-state index >= 15 is 0 Å². The van der Waals surface area contributed by atoms with Gasteiger partial charge in [-0.05, 0) is 18.4 Å². The summed E-state index contributed by atoms with van der Waals surface area (Å²) < 4.78 is 4.28. The van der Waals surface area contributed by atoms with E-state index in [0.717, 1.165) is 23.0 Å². The summed E-state index contributed by atoms with van der Waals surface area (Å²) in [5.41, 5.74) is 0.958. The van der Waals surface area contributed by atoms with Crippen LogP contribution in [0.1, 0.15) is 43.5 Å². The van der Waals surface area contributed by atoms with Crippen LogP contribution in [-0.2, 0) is 27.1 Å². The number of nitrogens with one attached hydrogen (secondary N) is 1. The molecule has 166 valence electrons. The van der Waals surface area contributed by atoms with Crippen LogP contribution in [0.3, 0.4) is 0 Å². The Morgan fingerprint density at radius 3 is 2.52 bits per heavy atom. The van der Waals surface area contributed by atoms with Gasteiger partial charge in [-0.1, -0.05) is 49.6 Å². The zero-order valence-electron chi connectivity index (χ0n) is 18.3. The summed E-state index contributed by atoms with van der Waals surface area (Å²) in [6, 6.07) is 10.3. The zero-order chi connectivity index (χ0) is 22.0. The molecule has 0 aliphatic heterocycles. The predicted molar refractivity (Wildman–Crippen MR) is 120 cm³/mol. The number of aromatic nitrogens is 4. The molecule has 0 bridgehead atoms. The molecule has 1 atom stereocenters. The van der Waals surface area contributed by atoms with Crippen LogP contribution in [0.15, 0.2) is 39.9 Å². The van der Waals surface area contributed by atoms with Crippen molar-refractivity contribution in [1.29, 1.82) is 0 Å².